The van der Waals surface area contributed by atoms with Gasteiger partial charge in [0.15, 0.2) is 0 Å². The van der Waals surface area contributed by atoms with E-state index in [1.165, 1.54) is 17.8 Å². The van der Waals surface area contributed by atoms with Crippen LogP contribution in [0.5, 0.6) is 0 Å². The summed E-state index contributed by atoms with van der Waals surface area (Å²) in [6, 6.07) is 1.18. The molecule has 0 spiro atoms. The molecule has 1 aromatic rings. The van der Waals surface area contributed by atoms with Crippen LogP contribution in [0.3, 0.4) is 0 Å². The van der Waals surface area contributed by atoms with Crippen LogP contribution in [0.4, 0.5) is 23.7 Å². The lowest BCUT2D eigenvalue weighted by Gasteiger charge is -2.17. The highest BCUT2D eigenvalue weighted by Crippen LogP contribution is 2.36. The van der Waals surface area contributed by atoms with Gasteiger partial charge in [-0.3, -0.25) is 4.79 Å². The van der Waals surface area contributed by atoms with Crippen molar-refractivity contribution in [3.05, 3.63) is 28.8 Å². The first kappa shape index (κ1) is 19.4. The summed E-state index contributed by atoms with van der Waals surface area (Å²) >= 11 is 6.96. The number of nitrogens with one attached hydrogen (secondary N) is 2. The zero-order chi connectivity index (χ0) is 17.6. The van der Waals surface area contributed by atoms with E-state index in [-0.39, 0.29) is 12.1 Å². The van der Waals surface area contributed by atoms with E-state index >= 15 is 0 Å². The minimum absolute atomic E-state index is 0.0767. The van der Waals surface area contributed by atoms with Gasteiger partial charge in [0.1, 0.15) is 6.04 Å². The second-order valence-electron chi connectivity index (χ2n) is 4.52. The van der Waals surface area contributed by atoms with Crippen molar-refractivity contribution >= 4 is 41.0 Å². The molecule has 0 heterocycles. The molecular formula is C13H15ClF3N3O2S. The Bertz CT molecular complexity index is 584. The number of alkyl halides is 3. The minimum Gasteiger partial charge on any atom is -0.352 e. The Morgan fingerprint density at radius 3 is 2.57 bits per heavy atom. The molecule has 23 heavy (non-hydrogen) atoms. The van der Waals surface area contributed by atoms with Crippen molar-refractivity contribution in [1.82, 2.24) is 5.32 Å². The van der Waals surface area contributed by atoms with Crippen LogP contribution in [0.25, 0.3) is 0 Å². The van der Waals surface area contributed by atoms with E-state index < -0.39 is 34.7 Å². The first-order valence-electron chi connectivity index (χ1n) is 6.37. The molecule has 1 aromatic carbocycles. The second kappa shape index (κ2) is 8.30. The largest absolute Gasteiger partial charge is 0.417 e. The zero-order valence-electron chi connectivity index (χ0n) is 12.0. The lowest BCUT2D eigenvalue weighted by molar-refractivity contribution is -0.137. The molecule has 0 radical (unpaired) electrons. The number of nitrogens with two attached hydrogens (primary N) is 1. The number of primary amides is 1. The number of rotatable bonds is 6. The third kappa shape index (κ3) is 6.19. The average molecular weight is 370 g/mol. The van der Waals surface area contributed by atoms with Gasteiger partial charge in [-0.15, -0.1) is 0 Å². The Balaban J connectivity index is 2.91. The monoisotopic (exact) mass is 369 g/mol. The van der Waals surface area contributed by atoms with E-state index in [1.807, 2.05) is 6.26 Å². The molecule has 1 rings (SSSR count). The molecule has 0 fully saturated rings. The van der Waals surface area contributed by atoms with Crippen molar-refractivity contribution in [1.29, 1.82) is 0 Å². The molecule has 3 amide bonds. The highest BCUT2D eigenvalue weighted by Gasteiger charge is 2.33. The van der Waals surface area contributed by atoms with Crippen LogP contribution in [0, 0.1) is 0 Å². The number of hydrogen-bond acceptors (Lipinski definition) is 3. The predicted molar refractivity (Wildman–Crippen MR) is 84.6 cm³/mol. The summed E-state index contributed by atoms with van der Waals surface area (Å²) in [6.45, 7) is 0. The molecule has 4 N–H and O–H groups in total. The summed E-state index contributed by atoms with van der Waals surface area (Å²) in [5.74, 6) is -0.0967. The average Bonchev–Trinajstić information content (AvgIpc) is 2.43. The van der Waals surface area contributed by atoms with E-state index in [2.05, 4.69) is 10.6 Å². The number of amides is 3. The van der Waals surface area contributed by atoms with Crippen molar-refractivity contribution in [2.24, 2.45) is 5.73 Å². The van der Waals surface area contributed by atoms with E-state index in [0.717, 1.165) is 12.1 Å². The third-order valence-corrected chi connectivity index (χ3v) is 3.76. The van der Waals surface area contributed by atoms with Crippen molar-refractivity contribution in [3.63, 3.8) is 0 Å². The van der Waals surface area contributed by atoms with Gasteiger partial charge >= 0.3 is 12.2 Å². The number of thioether (sulfide) groups is 1. The summed E-state index contributed by atoms with van der Waals surface area (Å²) in [7, 11) is 0. The number of benzene rings is 1. The number of carbonyl (C=O) groups excluding carboxylic acids is 2. The number of carbonyl (C=O) groups is 2. The van der Waals surface area contributed by atoms with Gasteiger partial charge in [0.05, 0.1) is 10.6 Å². The molecular weight excluding hydrogens is 355 g/mol. The van der Waals surface area contributed by atoms with Crippen LogP contribution >= 0.6 is 23.4 Å². The minimum atomic E-state index is -4.64. The van der Waals surface area contributed by atoms with E-state index in [9.17, 15) is 22.8 Å². The van der Waals surface area contributed by atoms with Crippen molar-refractivity contribution < 1.29 is 22.8 Å². The topological polar surface area (TPSA) is 84.2 Å². The van der Waals surface area contributed by atoms with Crippen LogP contribution < -0.4 is 16.4 Å². The van der Waals surface area contributed by atoms with Crippen LogP contribution in [0.2, 0.25) is 5.02 Å². The Kier molecular flexibility index (Phi) is 7.01. The highest BCUT2D eigenvalue weighted by atomic mass is 35.5. The maximum atomic E-state index is 12.8. The predicted octanol–water partition coefficient (Wildman–Crippen LogP) is 3.09. The van der Waals surface area contributed by atoms with Crippen molar-refractivity contribution in [2.75, 3.05) is 17.3 Å². The molecule has 0 saturated heterocycles. The molecule has 0 saturated carbocycles. The summed E-state index contributed by atoms with van der Waals surface area (Å²) in [5.41, 5.74) is 3.86. The van der Waals surface area contributed by atoms with Crippen LogP contribution in [-0.2, 0) is 11.0 Å². The Morgan fingerprint density at radius 1 is 1.39 bits per heavy atom. The highest BCUT2D eigenvalue weighted by molar-refractivity contribution is 7.98. The van der Waals surface area contributed by atoms with Crippen LogP contribution in [0.1, 0.15) is 12.0 Å². The molecule has 0 aliphatic heterocycles. The maximum absolute atomic E-state index is 12.8. The molecule has 0 unspecified atom stereocenters. The Morgan fingerprint density at radius 2 is 2.04 bits per heavy atom. The number of hydrogen-bond donors (Lipinski definition) is 3. The van der Waals surface area contributed by atoms with Gasteiger partial charge in [-0.05, 0) is 36.6 Å². The SMILES string of the molecule is CSCC[C@@H](NC(N)=O)C(=O)Nc1ccc(Cl)c(C(F)(F)F)c1. The zero-order valence-corrected chi connectivity index (χ0v) is 13.6. The third-order valence-electron chi connectivity index (χ3n) is 2.78. The van der Waals surface area contributed by atoms with Gasteiger partial charge in [0, 0.05) is 5.69 Å². The normalized spacial score (nSPS) is 12.6. The van der Waals surface area contributed by atoms with E-state index in [4.69, 9.17) is 17.3 Å². The first-order chi connectivity index (χ1) is 10.6. The Labute approximate surface area is 140 Å². The van der Waals surface area contributed by atoms with E-state index in [1.54, 1.807) is 0 Å². The summed E-state index contributed by atoms with van der Waals surface area (Å²) in [5, 5.41) is 4.11. The molecule has 0 aliphatic rings. The quantitative estimate of drug-likeness (QED) is 0.720. The fourth-order valence-corrected chi connectivity index (χ4v) is 2.42. The molecule has 1 atom stereocenters. The summed E-state index contributed by atoms with van der Waals surface area (Å²) in [6.07, 6.45) is -2.54. The van der Waals surface area contributed by atoms with Gasteiger partial charge < -0.3 is 16.4 Å². The van der Waals surface area contributed by atoms with Crippen LogP contribution in [-0.4, -0.2) is 30.0 Å². The van der Waals surface area contributed by atoms with Crippen molar-refractivity contribution in [3.8, 4) is 0 Å². The number of urea groups is 1. The van der Waals surface area contributed by atoms with Crippen LogP contribution in [0.15, 0.2) is 18.2 Å². The van der Waals surface area contributed by atoms with E-state index in [0.29, 0.717) is 5.75 Å². The van der Waals surface area contributed by atoms with Gasteiger partial charge in [0.25, 0.3) is 0 Å². The maximum Gasteiger partial charge on any atom is 0.417 e. The summed E-state index contributed by atoms with van der Waals surface area (Å²) in [4.78, 5) is 23.0. The molecule has 5 nitrogen and oxygen atoms in total. The lowest BCUT2D eigenvalue weighted by atomic mass is 10.1. The number of halogens is 4. The standard InChI is InChI=1S/C13H15ClF3N3O2S/c1-23-5-4-10(20-12(18)22)11(21)19-7-2-3-9(14)8(6-7)13(15,16)17/h2-3,6,10H,4-5H2,1H3,(H,19,21)(H3,18,20,22)/t10-/m1/s1. The summed E-state index contributed by atoms with van der Waals surface area (Å²) < 4.78 is 38.4. The van der Waals surface area contributed by atoms with Crippen molar-refractivity contribution in [2.45, 2.75) is 18.6 Å². The second-order valence-corrected chi connectivity index (χ2v) is 5.92. The smallest absolute Gasteiger partial charge is 0.352 e. The fourth-order valence-electron chi connectivity index (χ4n) is 1.73. The molecule has 0 aromatic heterocycles. The molecule has 0 bridgehead atoms. The Hall–Kier alpha value is -1.61. The molecule has 0 aliphatic carbocycles. The number of anilines is 1. The molecule has 128 valence electrons. The fraction of sp³-hybridized carbons (Fsp3) is 0.385. The van der Waals surface area contributed by atoms with Gasteiger partial charge in [-0.1, -0.05) is 11.6 Å². The van der Waals surface area contributed by atoms with Gasteiger partial charge in [-0.25, -0.2) is 4.79 Å². The van der Waals surface area contributed by atoms with Gasteiger partial charge in [-0.2, -0.15) is 24.9 Å². The van der Waals surface area contributed by atoms with Gasteiger partial charge in [0.2, 0.25) is 5.91 Å². The first-order valence-corrected chi connectivity index (χ1v) is 8.15. The molecule has 10 heteroatoms. The lowest BCUT2D eigenvalue weighted by Crippen LogP contribution is -2.46.